The fourth-order valence-corrected chi connectivity index (χ4v) is 10.9. The summed E-state index contributed by atoms with van der Waals surface area (Å²) in [5.74, 6) is 0. The van der Waals surface area contributed by atoms with Crippen molar-refractivity contribution in [1.29, 1.82) is 0 Å². The zero-order valence-electron chi connectivity index (χ0n) is 29.6. The number of hydrogen-bond donors (Lipinski definition) is 0. The van der Waals surface area contributed by atoms with Gasteiger partial charge in [0.15, 0.2) is 0 Å². The number of hydrogen-bond acceptors (Lipinski definition) is 2. The van der Waals surface area contributed by atoms with Crippen LogP contribution in [0.2, 0.25) is 0 Å². The van der Waals surface area contributed by atoms with E-state index in [1.807, 2.05) is 22.7 Å². The van der Waals surface area contributed by atoms with Crippen LogP contribution in [-0.4, -0.2) is 13.7 Å². The Morgan fingerprint density at radius 3 is 1.35 bits per heavy atom. The lowest BCUT2D eigenvalue weighted by Gasteiger charge is -2.09. The Bertz CT molecular complexity index is 3410. The Kier molecular flexibility index (Phi) is 6.67. The summed E-state index contributed by atoms with van der Waals surface area (Å²) in [6.07, 6.45) is 0. The second kappa shape index (κ2) is 11.9. The molecule has 12 rings (SSSR count). The van der Waals surface area contributed by atoms with E-state index < -0.39 is 0 Å². The molecular weight excluding hydrogens is 707 g/mol. The van der Waals surface area contributed by atoms with Gasteiger partial charge in [0.2, 0.25) is 0 Å². The zero-order valence-corrected chi connectivity index (χ0v) is 31.2. The SMILES string of the molecule is c1ccc(-n2c3ccccc3c3cc(-c4ccc5c(c4)c4cc(-c6cc7c(s6)c6sccc6n7-c6ccccc6)ccc4n5-c4ccccc4)ccc32)cc1. The van der Waals surface area contributed by atoms with Gasteiger partial charge in [-0.1, -0.05) is 91.0 Å². The molecule has 0 amide bonds. The molecule has 0 aliphatic rings. The van der Waals surface area contributed by atoms with Crippen molar-refractivity contribution in [2.45, 2.75) is 0 Å². The molecule has 3 nitrogen and oxygen atoms in total. The van der Waals surface area contributed by atoms with Crippen LogP contribution in [0.15, 0.2) is 187 Å². The molecule has 0 fully saturated rings. The molecule has 258 valence electrons. The lowest BCUT2D eigenvalue weighted by atomic mass is 10.00. The van der Waals surface area contributed by atoms with E-state index in [0.29, 0.717) is 0 Å². The maximum Gasteiger partial charge on any atom is 0.0711 e. The fraction of sp³-hybridized carbons (Fsp3) is 0. The average Bonchev–Trinajstić information content (AvgIpc) is 4.07. The predicted molar refractivity (Wildman–Crippen MR) is 236 cm³/mol. The van der Waals surface area contributed by atoms with E-state index in [0.717, 1.165) is 5.69 Å². The molecule has 0 saturated carbocycles. The molecule has 0 unspecified atom stereocenters. The van der Waals surface area contributed by atoms with Crippen LogP contribution in [0, 0.1) is 0 Å². The third kappa shape index (κ3) is 4.61. The topological polar surface area (TPSA) is 14.8 Å². The van der Waals surface area contributed by atoms with Gasteiger partial charge in [-0.05, 0) is 113 Å². The number of benzene rings is 7. The Morgan fingerprint density at radius 1 is 0.309 bits per heavy atom. The largest absolute Gasteiger partial charge is 0.309 e. The van der Waals surface area contributed by atoms with Gasteiger partial charge in [0, 0.05) is 43.5 Å². The Hall–Kier alpha value is -6.66. The van der Waals surface area contributed by atoms with E-state index in [9.17, 15) is 0 Å². The fourth-order valence-electron chi connectivity index (χ4n) is 8.71. The van der Waals surface area contributed by atoms with Gasteiger partial charge in [0.1, 0.15) is 0 Å². The summed E-state index contributed by atoms with van der Waals surface area (Å²) in [5, 5.41) is 7.24. The van der Waals surface area contributed by atoms with Gasteiger partial charge in [0.25, 0.3) is 0 Å². The monoisotopic (exact) mass is 737 g/mol. The molecule has 12 aromatic rings. The standard InChI is InChI=1S/C50H31N3S2/c1-4-12-35(13-5-1)51-42-19-11-10-18-38(42)39-28-32(20-23-43(39)51)33-21-24-44-40(29-33)41-30-34(22-25-45(41)52(44)36-14-6-2-7-15-36)48-31-47-50(55-48)49-46(26-27-54-49)53(47)37-16-8-3-9-17-37/h1-31H. The summed E-state index contributed by atoms with van der Waals surface area (Å²) in [5.41, 5.74) is 14.6. The maximum atomic E-state index is 2.42. The van der Waals surface area contributed by atoms with E-state index in [1.165, 1.54) is 97.0 Å². The van der Waals surface area contributed by atoms with Crippen LogP contribution in [0.5, 0.6) is 0 Å². The lowest BCUT2D eigenvalue weighted by molar-refractivity contribution is 1.18. The number of thiophene rings is 2. The molecule has 5 heterocycles. The molecule has 0 atom stereocenters. The first kappa shape index (κ1) is 30.8. The lowest BCUT2D eigenvalue weighted by Crippen LogP contribution is -1.93. The number of aromatic nitrogens is 3. The van der Waals surface area contributed by atoms with Gasteiger partial charge in [-0.3, -0.25) is 0 Å². The van der Waals surface area contributed by atoms with E-state index >= 15 is 0 Å². The van der Waals surface area contributed by atoms with Crippen LogP contribution < -0.4 is 0 Å². The Labute approximate surface area is 324 Å². The van der Waals surface area contributed by atoms with Gasteiger partial charge in [-0.25, -0.2) is 0 Å². The third-order valence-corrected chi connectivity index (χ3v) is 13.4. The van der Waals surface area contributed by atoms with Crippen molar-refractivity contribution in [3.05, 3.63) is 187 Å². The molecule has 0 aliphatic heterocycles. The number of rotatable bonds is 5. The minimum atomic E-state index is 1.16. The Morgan fingerprint density at radius 2 is 0.764 bits per heavy atom. The second-order valence-corrected chi connectivity index (χ2v) is 16.2. The van der Waals surface area contributed by atoms with Crippen LogP contribution >= 0.6 is 22.7 Å². The average molecular weight is 738 g/mol. The van der Waals surface area contributed by atoms with Crippen molar-refractivity contribution >= 4 is 86.7 Å². The highest BCUT2D eigenvalue weighted by atomic mass is 32.1. The minimum Gasteiger partial charge on any atom is -0.309 e. The summed E-state index contributed by atoms with van der Waals surface area (Å²) in [4.78, 5) is 1.28. The Balaban J connectivity index is 1.06. The highest BCUT2D eigenvalue weighted by Crippen LogP contribution is 2.45. The zero-order chi connectivity index (χ0) is 36.0. The summed E-state index contributed by atoms with van der Waals surface area (Å²) in [6, 6.07) is 66.6. The highest BCUT2D eigenvalue weighted by molar-refractivity contribution is 7.28. The first-order valence-electron chi connectivity index (χ1n) is 18.6. The van der Waals surface area contributed by atoms with Crippen LogP contribution in [0.1, 0.15) is 0 Å². The molecule has 0 bridgehead atoms. The molecule has 0 radical (unpaired) electrons. The summed E-state index contributed by atoms with van der Waals surface area (Å²) in [7, 11) is 0. The molecular formula is C50H31N3S2. The summed E-state index contributed by atoms with van der Waals surface area (Å²) < 4.78 is 9.91. The van der Waals surface area contributed by atoms with Gasteiger partial charge in [-0.2, -0.15) is 0 Å². The van der Waals surface area contributed by atoms with Crippen molar-refractivity contribution in [2.24, 2.45) is 0 Å². The quantitative estimate of drug-likeness (QED) is 0.167. The predicted octanol–water partition coefficient (Wildman–Crippen LogP) is 14.4. The van der Waals surface area contributed by atoms with Crippen molar-refractivity contribution in [1.82, 2.24) is 13.7 Å². The first-order valence-corrected chi connectivity index (χ1v) is 20.3. The van der Waals surface area contributed by atoms with E-state index in [-0.39, 0.29) is 0 Å². The molecule has 5 heteroatoms. The molecule has 55 heavy (non-hydrogen) atoms. The maximum absolute atomic E-state index is 2.42. The summed E-state index contributed by atoms with van der Waals surface area (Å²) >= 11 is 3.73. The second-order valence-electron chi connectivity index (χ2n) is 14.2. The van der Waals surface area contributed by atoms with Crippen LogP contribution in [-0.2, 0) is 0 Å². The third-order valence-electron chi connectivity index (χ3n) is 11.1. The van der Waals surface area contributed by atoms with Crippen molar-refractivity contribution in [2.75, 3.05) is 0 Å². The van der Waals surface area contributed by atoms with Crippen LogP contribution in [0.3, 0.4) is 0 Å². The smallest absolute Gasteiger partial charge is 0.0711 e. The normalized spacial score (nSPS) is 12.0. The van der Waals surface area contributed by atoms with Crippen molar-refractivity contribution in [3.8, 4) is 38.6 Å². The molecule has 0 spiro atoms. The molecule has 0 saturated heterocycles. The van der Waals surface area contributed by atoms with Gasteiger partial charge < -0.3 is 13.7 Å². The number of nitrogens with zero attached hydrogens (tertiary/aromatic N) is 3. The van der Waals surface area contributed by atoms with Gasteiger partial charge >= 0.3 is 0 Å². The van der Waals surface area contributed by atoms with Crippen LogP contribution in [0.4, 0.5) is 0 Å². The summed E-state index contributed by atoms with van der Waals surface area (Å²) in [6.45, 7) is 0. The van der Waals surface area contributed by atoms with Crippen molar-refractivity contribution in [3.63, 3.8) is 0 Å². The molecule has 0 aliphatic carbocycles. The van der Waals surface area contributed by atoms with Gasteiger partial charge in [0.05, 0.1) is 42.5 Å². The number of fused-ring (bicyclic) bond motifs is 9. The van der Waals surface area contributed by atoms with Crippen molar-refractivity contribution < 1.29 is 0 Å². The first-order chi connectivity index (χ1) is 27.3. The van der Waals surface area contributed by atoms with E-state index in [2.05, 4.69) is 201 Å². The van der Waals surface area contributed by atoms with E-state index in [4.69, 9.17) is 0 Å². The molecule has 0 N–H and O–H groups in total. The number of para-hydroxylation sites is 4. The minimum absolute atomic E-state index is 1.16. The van der Waals surface area contributed by atoms with Crippen LogP contribution in [0.25, 0.3) is 103 Å². The highest BCUT2D eigenvalue weighted by Gasteiger charge is 2.20. The van der Waals surface area contributed by atoms with Gasteiger partial charge in [-0.15, -0.1) is 22.7 Å². The van der Waals surface area contributed by atoms with E-state index in [1.54, 1.807) is 0 Å². The molecule has 7 aromatic carbocycles. The molecule has 5 aromatic heterocycles.